The first kappa shape index (κ1) is 12.7. The van der Waals surface area contributed by atoms with Gasteiger partial charge in [0.1, 0.15) is 0 Å². The molecule has 2 heterocycles. The van der Waals surface area contributed by atoms with E-state index in [-0.39, 0.29) is 5.91 Å². The van der Waals surface area contributed by atoms with E-state index >= 15 is 0 Å². The number of benzene rings is 1. The van der Waals surface area contributed by atoms with Crippen LogP contribution in [0.3, 0.4) is 0 Å². The summed E-state index contributed by atoms with van der Waals surface area (Å²) in [5.41, 5.74) is 7.41. The summed E-state index contributed by atoms with van der Waals surface area (Å²) in [7, 11) is 1.85. The Labute approximate surface area is 120 Å². The number of hydrogen-bond donors (Lipinski definition) is 2. The van der Waals surface area contributed by atoms with E-state index in [0.717, 1.165) is 15.8 Å². The average Bonchev–Trinajstić information content (AvgIpc) is 3.01. The van der Waals surface area contributed by atoms with Gasteiger partial charge in [-0.3, -0.25) is 9.48 Å². The number of fused-ring (bicyclic) bond motifs is 1. The van der Waals surface area contributed by atoms with Gasteiger partial charge in [-0.05, 0) is 35.7 Å². The van der Waals surface area contributed by atoms with E-state index in [0.29, 0.717) is 17.1 Å². The molecular weight excluding hydrogens is 272 g/mol. The van der Waals surface area contributed by atoms with Crippen LogP contribution in [0.4, 0.5) is 5.69 Å². The molecule has 0 unspecified atom stereocenters. The number of aryl methyl sites for hydroxylation is 1. The van der Waals surface area contributed by atoms with Gasteiger partial charge < -0.3 is 11.1 Å². The van der Waals surface area contributed by atoms with E-state index in [4.69, 9.17) is 5.73 Å². The first-order valence-electron chi connectivity index (χ1n) is 6.17. The molecule has 3 N–H and O–H groups in total. The van der Waals surface area contributed by atoms with Gasteiger partial charge in [0.15, 0.2) is 0 Å². The van der Waals surface area contributed by atoms with Crippen LogP contribution < -0.4 is 11.1 Å². The zero-order chi connectivity index (χ0) is 14.1. The quantitative estimate of drug-likeness (QED) is 0.725. The standard InChI is InChI=1S/C14H14N4OS/c1-18-11(4-5-17-18)8-16-14(19)13-7-9-6-10(15)2-3-12(9)20-13/h2-7H,8,15H2,1H3,(H,16,19). The maximum atomic E-state index is 12.1. The number of nitrogen functional groups attached to an aromatic ring is 1. The fourth-order valence-electron chi connectivity index (χ4n) is 2.01. The Kier molecular flexibility index (Phi) is 3.15. The molecule has 0 aliphatic carbocycles. The molecule has 1 aromatic carbocycles. The molecule has 20 heavy (non-hydrogen) atoms. The molecule has 6 heteroatoms. The Bertz CT molecular complexity index is 774. The molecule has 1 amide bonds. The molecule has 0 atom stereocenters. The molecule has 102 valence electrons. The first-order valence-corrected chi connectivity index (χ1v) is 6.99. The summed E-state index contributed by atoms with van der Waals surface area (Å²) < 4.78 is 2.80. The minimum atomic E-state index is -0.0778. The molecule has 0 bridgehead atoms. The van der Waals surface area contributed by atoms with Crippen LogP contribution in [0.25, 0.3) is 10.1 Å². The number of nitrogens with two attached hydrogens (primary N) is 1. The Morgan fingerprint density at radius 2 is 2.25 bits per heavy atom. The van der Waals surface area contributed by atoms with Gasteiger partial charge in [0.2, 0.25) is 0 Å². The molecule has 5 nitrogen and oxygen atoms in total. The highest BCUT2D eigenvalue weighted by atomic mass is 32.1. The lowest BCUT2D eigenvalue weighted by Crippen LogP contribution is -2.23. The summed E-state index contributed by atoms with van der Waals surface area (Å²) in [5, 5.41) is 7.96. The van der Waals surface area contributed by atoms with Crippen molar-refractivity contribution in [1.29, 1.82) is 0 Å². The molecule has 0 saturated carbocycles. The molecule has 2 aromatic heterocycles. The van der Waals surface area contributed by atoms with Gasteiger partial charge in [-0.25, -0.2) is 0 Å². The topological polar surface area (TPSA) is 72.9 Å². The maximum Gasteiger partial charge on any atom is 0.261 e. The number of rotatable bonds is 3. The predicted octanol–water partition coefficient (Wildman–Crippen LogP) is 2.15. The number of aromatic nitrogens is 2. The van der Waals surface area contributed by atoms with E-state index in [1.807, 2.05) is 37.4 Å². The SMILES string of the molecule is Cn1nccc1CNC(=O)c1cc2cc(N)ccc2s1. The summed E-state index contributed by atoms with van der Waals surface area (Å²) in [6, 6.07) is 9.41. The van der Waals surface area contributed by atoms with Gasteiger partial charge in [-0.1, -0.05) is 0 Å². The van der Waals surface area contributed by atoms with Gasteiger partial charge in [0, 0.05) is 23.6 Å². The van der Waals surface area contributed by atoms with Gasteiger partial charge >= 0.3 is 0 Å². The van der Waals surface area contributed by atoms with Crippen LogP contribution in [0.5, 0.6) is 0 Å². The highest BCUT2D eigenvalue weighted by Gasteiger charge is 2.10. The van der Waals surface area contributed by atoms with Crippen LogP contribution in [0, 0.1) is 0 Å². The number of carbonyl (C=O) groups excluding carboxylic acids is 1. The third-order valence-corrected chi connectivity index (χ3v) is 4.23. The van der Waals surface area contributed by atoms with E-state index in [9.17, 15) is 4.79 Å². The Hall–Kier alpha value is -2.34. The van der Waals surface area contributed by atoms with Crippen LogP contribution in [0.1, 0.15) is 15.4 Å². The van der Waals surface area contributed by atoms with Crippen molar-refractivity contribution in [2.24, 2.45) is 7.05 Å². The number of hydrogen-bond acceptors (Lipinski definition) is 4. The molecular formula is C14H14N4OS. The highest BCUT2D eigenvalue weighted by molar-refractivity contribution is 7.20. The normalized spacial score (nSPS) is 10.8. The van der Waals surface area contributed by atoms with Crippen molar-refractivity contribution in [3.8, 4) is 0 Å². The van der Waals surface area contributed by atoms with Crippen molar-refractivity contribution in [1.82, 2.24) is 15.1 Å². The second-order valence-corrected chi connectivity index (χ2v) is 5.62. The second-order valence-electron chi connectivity index (χ2n) is 4.54. The summed E-state index contributed by atoms with van der Waals surface area (Å²) in [6.45, 7) is 0.464. The van der Waals surface area contributed by atoms with Crippen LogP contribution in [-0.4, -0.2) is 15.7 Å². The summed E-state index contributed by atoms with van der Waals surface area (Å²) in [5.74, 6) is -0.0778. The number of carbonyl (C=O) groups is 1. The monoisotopic (exact) mass is 286 g/mol. The zero-order valence-corrected chi connectivity index (χ0v) is 11.8. The lowest BCUT2D eigenvalue weighted by molar-refractivity contribution is 0.0954. The maximum absolute atomic E-state index is 12.1. The Morgan fingerprint density at radius 1 is 1.40 bits per heavy atom. The Morgan fingerprint density at radius 3 is 3.00 bits per heavy atom. The largest absolute Gasteiger partial charge is 0.399 e. The van der Waals surface area contributed by atoms with Crippen molar-refractivity contribution in [2.45, 2.75) is 6.54 Å². The van der Waals surface area contributed by atoms with Crippen molar-refractivity contribution >= 4 is 33.0 Å². The Balaban J connectivity index is 1.77. The van der Waals surface area contributed by atoms with Crippen molar-refractivity contribution in [2.75, 3.05) is 5.73 Å². The lowest BCUT2D eigenvalue weighted by Gasteiger charge is -2.03. The number of nitrogens with zero attached hydrogens (tertiary/aromatic N) is 2. The number of thiophene rings is 1. The lowest BCUT2D eigenvalue weighted by atomic mass is 10.2. The average molecular weight is 286 g/mol. The van der Waals surface area contributed by atoms with Crippen LogP contribution in [0.15, 0.2) is 36.5 Å². The summed E-state index contributed by atoms with van der Waals surface area (Å²) in [6.07, 6.45) is 1.71. The van der Waals surface area contributed by atoms with Crippen LogP contribution in [0.2, 0.25) is 0 Å². The molecule has 0 radical (unpaired) electrons. The number of amides is 1. The smallest absolute Gasteiger partial charge is 0.261 e. The van der Waals surface area contributed by atoms with Crippen LogP contribution in [-0.2, 0) is 13.6 Å². The fourth-order valence-corrected chi connectivity index (χ4v) is 2.97. The molecule has 3 rings (SSSR count). The predicted molar refractivity (Wildman–Crippen MR) is 80.6 cm³/mol. The summed E-state index contributed by atoms with van der Waals surface area (Å²) >= 11 is 1.47. The second kappa shape index (κ2) is 4.97. The molecule has 3 aromatic rings. The minimum absolute atomic E-state index is 0.0778. The third-order valence-electron chi connectivity index (χ3n) is 3.12. The minimum Gasteiger partial charge on any atom is -0.399 e. The highest BCUT2D eigenvalue weighted by Crippen LogP contribution is 2.27. The van der Waals surface area contributed by atoms with Crippen molar-refractivity contribution in [3.63, 3.8) is 0 Å². The zero-order valence-electron chi connectivity index (χ0n) is 11.0. The first-order chi connectivity index (χ1) is 9.63. The molecule has 0 spiro atoms. The molecule has 0 aliphatic rings. The van der Waals surface area contributed by atoms with Crippen molar-refractivity contribution < 1.29 is 4.79 Å². The fraction of sp³-hybridized carbons (Fsp3) is 0.143. The van der Waals surface area contributed by atoms with Crippen LogP contribution >= 0.6 is 11.3 Å². The van der Waals surface area contributed by atoms with E-state index < -0.39 is 0 Å². The molecule has 0 saturated heterocycles. The van der Waals surface area contributed by atoms with Gasteiger partial charge in [-0.15, -0.1) is 11.3 Å². The van der Waals surface area contributed by atoms with E-state index in [1.165, 1.54) is 11.3 Å². The molecule has 0 fully saturated rings. The van der Waals surface area contributed by atoms with Gasteiger partial charge in [-0.2, -0.15) is 5.10 Å². The van der Waals surface area contributed by atoms with Crippen molar-refractivity contribution in [3.05, 3.63) is 47.1 Å². The van der Waals surface area contributed by atoms with Gasteiger partial charge in [0.25, 0.3) is 5.91 Å². The summed E-state index contributed by atoms with van der Waals surface area (Å²) in [4.78, 5) is 12.8. The van der Waals surface area contributed by atoms with Gasteiger partial charge in [0.05, 0.1) is 17.1 Å². The van der Waals surface area contributed by atoms with E-state index in [1.54, 1.807) is 10.9 Å². The molecule has 0 aliphatic heterocycles. The number of anilines is 1. The third kappa shape index (κ3) is 2.37. The van der Waals surface area contributed by atoms with E-state index in [2.05, 4.69) is 10.4 Å². The number of nitrogens with one attached hydrogen (secondary N) is 1.